The van der Waals surface area contributed by atoms with Crippen molar-refractivity contribution in [2.75, 3.05) is 95.5 Å². The molecule has 0 spiro atoms. The number of methoxy groups -OCH3 is 3. The van der Waals surface area contributed by atoms with Gasteiger partial charge in [0.15, 0.2) is 22.6 Å². The fraction of sp³-hybridized carbons (Fsp3) is 0.301. The zero-order valence-corrected chi connectivity index (χ0v) is 60.2. The number of phenolic OH excluding ortho intramolecular Hbond substituents is 1. The minimum Gasteiger partial charge on any atom is -0.508 e. The molecule has 0 amide bonds. The Morgan fingerprint density at radius 2 is 0.875 bits per heavy atom. The van der Waals surface area contributed by atoms with Gasteiger partial charge in [-0.15, -0.1) is 0 Å². The fourth-order valence-corrected chi connectivity index (χ4v) is 11.7. The average molecular weight is 1540 g/mol. The first kappa shape index (κ1) is 74.4. The van der Waals surface area contributed by atoms with Gasteiger partial charge < -0.3 is 59.5 Å². The molecule has 9 aromatic heterocycles. The number of hydrogen-bond donors (Lipinski definition) is 5. The van der Waals surface area contributed by atoms with Gasteiger partial charge >= 0.3 is 0 Å². The number of nitrogens with zero attached hydrogens (tertiary/aromatic N) is 14. The summed E-state index contributed by atoms with van der Waals surface area (Å²) in [6.07, 6.45) is 20.0. The average Bonchev–Trinajstić information content (AvgIpc) is 1.62. The molecule has 0 bridgehead atoms. The molecule has 14 rings (SSSR count). The van der Waals surface area contributed by atoms with Crippen LogP contribution in [-0.2, 0) is 18.9 Å². The fourth-order valence-electron chi connectivity index (χ4n) is 11.2. The van der Waals surface area contributed by atoms with E-state index in [1.165, 1.54) is 54.6 Å². The van der Waals surface area contributed by atoms with Gasteiger partial charge in [-0.3, -0.25) is 4.68 Å². The van der Waals surface area contributed by atoms with Crippen LogP contribution in [0.1, 0.15) is 93.0 Å². The third-order valence-corrected chi connectivity index (χ3v) is 17.3. The number of fused-ring (bicyclic) bond motifs is 4. The molecule has 5 N–H and O–H groups in total. The third-order valence-electron chi connectivity index (χ3n) is 16.6. The minimum atomic E-state index is -0.384. The number of halogens is 5. The second kappa shape index (κ2) is 35.9. The molecule has 4 aromatic carbocycles. The lowest BCUT2D eigenvalue weighted by atomic mass is 10.1. The van der Waals surface area contributed by atoms with E-state index in [2.05, 4.69) is 84.3 Å². The van der Waals surface area contributed by atoms with Crippen LogP contribution in [0.15, 0.2) is 171 Å². The van der Waals surface area contributed by atoms with Gasteiger partial charge in [0.2, 0.25) is 0 Å². The van der Waals surface area contributed by atoms with E-state index < -0.39 is 0 Å². The van der Waals surface area contributed by atoms with Gasteiger partial charge in [0, 0.05) is 111 Å². The quantitative estimate of drug-likeness (QED) is 0.0191. The number of aromatic nitrogens is 14. The Labute approximate surface area is 609 Å². The first-order chi connectivity index (χ1) is 50.5. The van der Waals surface area contributed by atoms with Crippen molar-refractivity contribution in [3.05, 3.63) is 220 Å². The van der Waals surface area contributed by atoms with E-state index in [4.69, 9.17) is 38.1 Å². The zero-order chi connectivity index (χ0) is 73.1. The van der Waals surface area contributed by atoms with Crippen LogP contribution in [0.5, 0.6) is 23.0 Å². The summed E-state index contributed by atoms with van der Waals surface area (Å²) in [7, 11) is 4.83. The summed E-state index contributed by atoms with van der Waals surface area (Å²) in [5.41, 5.74) is 7.43. The monoisotopic (exact) mass is 1540 g/mol. The highest BCUT2D eigenvalue weighted by Gasteiger charge is 2.22. The van der Waals surface area contributed by atoms with Crippen molar-refractivity contribution in [1.82, 2.24) is 68.2 Å². The maximum Gasteiger partial charge on any atom is 0.170 e. The molecule has 1 aliphatic heterocycles. The summed E-state index contributed by atoms with van der Waals surface area (Å²) in [6, 6.07) is 27.7. The van der Waals surface area contributed by atoms with E-state index in [-0.39, 0.29) is 53.2 Å². The van der Waals surface area contributed by atoms with Crippen LogP contribution in [0.2, 0.25) is 0 Å². The standard InChI is InChI=1S/C25H29FN6O3.C17H18FIN4O2.C17H19FN4O2.C14H13FN4O/c1-17(21-13-19(26)3-4-23(21)35-12-11-33-2)29-24-5-8-31-25(30-24)22(15-28-31)18-14-27-32(16-18)20-6-9-34-10-7-20;1-11(13-9-12(18)3-4-15(13)25-8-7-24-2)21-16-5-6-23-17(22-16)14(19)10-20-23;1-12(20-16-6-8-22-17(21-16)5-7-19-22)14-11-13(18)3-4-15(14)24-10-9-23-2;1-9(11-8-10(15)2-3-12(11)20)17-13-5-7-19-14(18-13)4-6-16-19/h3-5,8,13-17,20H,6-7,9-12H2,1-2H3,(H,29,30);3-6,9-11H,7-8H2,1-2H3,(H,21,22);3-8,11-12H,9-10H2,1-2H3,(H,20,21);2-9,20H,1H3,(H,17,18). The number of benzene rings is 4. The second-order valence-electron chi connectivity index (χ2n) is 23.9. The first-order valence-corrected chi connectivity index (χ1v) is 34.4. The number of anilines is 4. The molecule has 544 valence electrons. The van der Waals surface area contributed by atoms with Crippen molar-refractivity contribution < 1.29 is 55.8 Å². The minimum absolute atomic E-state index is 0.0526. The smallest absolute Gasteiger partial charge is 0.170 e. The Kier molecular flexibility index (Phi) is 25.7. The number of aromatic hydroxyl groups is 1. The maximum absolute atomic E-state index is 14.0. The van der Waals surface area contributed by atoms with Crippen molar-refractivity contribution in [2.45, 2.75) is 70.7 Å². The molecule has 31 heteroatoms. The third kappa shape index (κ3) is 19.5. The Morgan fingerprint density at radius 3 is 1.35 bits per heavy atom. The lowest BCUT2D eigenvalue weighted by Gasteiger charge is -2.22. The maximum atomic E-state index is 14.0. The lowest BCUT2D eigenvalue weighted by Crippen LogP contribution is -2.19. The SMILES string of the molecule is CC(Nc1ccn2nccc2n1)c1cc(F)ccc1O.COCCOc1ccc(F)cc1C(C)Nc1ccn2ncc(-c3cnn(C4CCOCC4)c3)c2n1.COCCOc1ccc(F)cc1C(C)Nc1ccn2ncc(I)c2n1.COCCOc1ccc(F)cc1C(C)Nc1ccn2nccc2n1. The van der Waals surface area contributed by atoms with Gasteiger partial charge in [0.1, 0.15) is 89.4 Å². The number of hydrogen-bond acceptors (Lipinski definition) is 21. The molecule has 26 nitrogen and oxygen atoms in total. The summed E-state index contributed by atoms with van der Waals surface area (Å²) in [5, 5.41) is 44.2. The van der Waals surface area contributed by atoms with Crippen LogP contribution in [0.4, 0.5) is 40.8 Å². The van der Waals surface area contributed by atoms with Gasteiger partial charge in [-0.1, -0.05) is 0 Å². The van der Waals surface area contributed by atoms with Crippen molar-refractivity contribution in [3.8, 4) is 34.1 Å². The topological polar surface area (TPSA) is 272 Å². The molecule has 0 saturated carbocycles. The Balaban J connectivity index is 0.000000142. The van der Waals surface area contributed by atoms with Gasteiger partial charge in [-0.05, 0) is 160 Å². The number of phenols is 1. The number of rotatable bonds is 26. The molecule has 0 radical (unpaired) electrons. The van der Waals surface area contributed by atoms with E-state index in [1.807, 2.05) is 87.6 Å². The molecular weight excluding hydrogens is 1460 g/mol. The van der Waals surface area contributed by atoms with Crippen molar-refractivity contribution in [3.63, 3.8) is 0 Å². The van der Waals surface area contributed by atoms with E-state index >= 15 is 0 Å². The van der Waals surface area contributed by atoms with Crippen LogP contribution in [0, 0.1) is 26.8 Å². The molecule has 1 aliphatic rings. The van der Waals surface area contributed by atoms with Crippen LogP contribution in [0.25, 0.3) is 33.7 Å². The van der Waals surface area contributed by atoms with Crippen LogP contribution < -0.4 is 35.5 Å². The van der Waals surface area contributed by atoms with Crippen molar-refractivity contribution in [1.29, 1.82) is 0 Å². The Hall–Kier alpha value is -10.7. The van der Waals surface area contributed by atoms with Gasteiger partial charge in [0.05, 0.1) is 84.6 Å². The van der Waals surface area contributed by atoms with Crippen molar-refractivity contribution in [2.24, 2.45) is 0 Å². The molecule has 0 aliphatic carbocycles. The highest BCUT2D eigenvalue weighted by atomic mass is 127. The molecule has 13 aromatic rings. The van der Waals surface area contributed by atoms with Gasteiger partial charge in [-0.25, -0.2) is 55.6 Å². The van der Waals surface area contributed by atoms with Crippen molar-refractivity contribution >= 4 is 68.5 Å². The van der Waals surface area contributed by atoms with Crippen LogP contribution >= 0.6 is 22.6 Å². The van der Waals surface area contributed by atoms with Gasteiger partial charge in [0.25, 0.3) is 0 Å². The van der Waals surface area contributed by atoms with E-state index in [0.29, 0.717) is 109 Å². The molecule has 1 fully saturated rings. The Morgan fingerprint density at radius 1 is 0.471 bits per heavy atom. The predicted octanol–water partition coefficient (Wildman–Crippen LogP) is 13.8. The first-order valence-electron chi connectivity index (χ1n) is 33.4. The van der Waals surface area contributed by atoms with E-state index in [1.54, 1.807) is 101 Å². The second-order valence-corrected chi connectivity index (χ2v) is 25.1. The molecular formula is C73H79F4IN18O8. The Bertz CT molecular complexity index is 4940. The normalized spacial score (nSPS) is 13.4. The number of nitrogens with one attached hydrogen (secondary N) is 4. The molecule has 10 heterocycles. The molecule has 4 atom stereocenters. The van der Waals surface area contributed by atoms with E-state index in [0.717, 1.165) is 63.2 Å². The van der Waals surface area contributed by atoms with Gasteiger partial charge in [-0.2, -0.15) is 25.5 Å². The summed E-state index contributed by atoms with van der Waals surface area (Å²) in [4.78, 5) is 18.2. The van der Waals surface area contributed by atoms with Crippen LogP contribution in [0.3, 0.4) is 0 Å². The largest absolute Gasteiger partial charge is 0.508 e. The number of ether oxygens (including phenoxy) is 7. The summed E-state index contributed by atoms with van der Waals surface area (Å²) >= 11 is 2.19. The molecule has 104 heavy (non-hydrogen) atoms. The lowest BCUT2D eigenvalue weighted by molar-refractivity contribution is 0.0662. The molecule has 1 saturated heterocycles. The molecule has 4 unspecified atom stereocenters. The zero-order valence-electron chi connectivity index (χ0n) is 58.1. The van der Waals surface area contributed by atoms with E-state index in [9.17, 15) is 22.7 Å². The summed E-state index contributed by atoms with van der Waals surface area (Å²) < 4.78 is 102. The highest BCUT2D eigenvalue weighted by molar-refractivity contribution is 14.1. The summed E-state index contributed by atoms with van der Waals surface area (Å²) in [5.74, 6) is 3.23. The van der Waals surface area contributed by atoms with Crippen LogP contribution in [-0.4, -0.2) is 147 Å². The highest BCUT2D eigenvalue weighted by Crippen LogP contribution is 2.34. The summed E-state index contributed by atoms with van der Waals surface area (Å²) in [6.45, 7) is 11.7. The predicted molar refractivity (Wildman–Crippen MR) is 393 cm³/mol.